The molecule has 25 heavy (non-hydrogen) atoms. The summed E-state index contributed by atoms with van der Waals surface area (Å²) < 4.78 is 0. The number of hydrogen-bond acceptors (Lipinski definition) is 3. The van der Waals surface area contributed by atoms with Crippen molar-refractivity contribution >= 4 is 11.5 Å². The largest absolute Gasteiger partial charge is 0.394 e. The molecule has 4 nitrogen and oxygen atoms in total. The number of amides is 1. The molecule has 3 rings (SSSR count). The van der Waals surface area contributed by atoms with Crippen LogP contribution in [0.5, 0.6) is 0 Å². The number of aliphatic hydroxyl groups excluding tert-OH is 1. The zero-order chi connectivity index (χ0) is 18.0. The van der Waals surface area contributed by atoms with E-state index in [-0.39, 0.29) is 25.1 Å². The molecule has 1 aromatic rings. The Balaban J connectivity index is 1.80. The molecule has 2 N–H and O–H groups in total. The van der Waals surface area contributed by atoms with Gasteiger partial charge in [-0.15, -0.1) is 0 Å². The molecular weight excluding hydrogens is 314 g/mol. The van der Waals surface area contributed by atoms with Crippen molar-refractivity contribution < 1.29 is 15.0 Å². The molecule has 0 radical (unpaired) electrons. The maximum absolute atomic E-state index is 12.9. The Kier molecular flexibility index (Phi) is 5.11. The minimum absolute atomic E-state index is 0.0562. The third-order valence-corrected chi connectivity index (χ3v) is 5.35. The monoisotopic (exact) mass is 341 g/mol. The van der Waals surface area contributed by atoms with Crippen molar-refractivity contribution in [3.63, 3.8) is 0 Å². The van der Waals surface area contributed by atoms with Crippen LogP contribution in [0.2, 0.25) is 0 Å². The van der Waals surface area contributed by atoms with Crippen LogP contribution in [0.3, 0.4) is 0 Å². The molecule has 1 heterocycles. The second kappa shape index (κ2) is 7.14. The first-order valence-corrected chi connectivity index (χ1v) is 9.01. The number of aliphatic hydroxyl groups is 2. The molecular formula is C21H27NO3. The fraction of sp³-hybridized carbons (Fsp3) is 0.476. The van der Waals surface area contributed by atoms with Crippen molar-refractivity contribution in [1.82, 2.24) is 4.90 Å². The summed E-state index contributed by atoms with van der Waals surface area (Å²) >= 11 is 0. The van der Waals surface area contributed by atoms with Crippen molar-refractivity contribution in [1.29, 1.82) is 0 Å². The van der Waals surface area contributed by atoms with Crippen LogP contribution in [-0.2, 0) is 4.79 Å². The maximum atomic E-state index is 12.9. The zero-order valence-corrected chi connectivity index (χ0v) is 15.0. The van der Waals surface area contributed by atoms with Gasteiger partial charge in [0, 0.05) is 12.1 Å². The fourth-order valence-corrected chi connectivity index (χ4v) is 3.79. The summed E-state index contributed by atoms with van der Waals surface area (Å²) in [5, 5.41) is 19.9. The van der Waals surface area contributed by atoms with Crippen LogP contribution in [-0.4, -0.2) is 45.8 Å². The molecule has 2 aliphatic rings. The molecule has 1 aromatic carbocycles. The lowest BCUT2D eigenvalue weighted by Gasteiger charge is -2.42. The summed E-state index contributed by atoms with van der Waals surface area (Å²) in [7, 11) is 0. The number of rotatable bonds is 3. The van der Waals surface area contributed by atoms with Crippen LogP contribution in [0, 0.1) is 6.92 Å². The second-order valence-electron chi connectivity index (χ2n) is 7.50. The first-order chi connectivity index (χ1) is 11.9. The summed E-state index contributed by atoms with van der Waals surface area (Å²) in [5.41, 5.74) is 3.61. The highest BCUT2D eigenvalue weighted by Gasteiger charge is 2.37. The fourth-order valence-electron chi connectivity index (χ4n) is 3.79. The number of piperidine rings is 1. The minimum Gasteiger partial charge on any atom is -0.394 e. The number of β-amino-alcohol motifs (C(OH)–C–C–N with tert-alkyl or cyclic N) is 1. The number of nitrogens with zero attached hydrogens (tertiary/aromatic N) is 1. The first-order valence-electron chi connectivity index (χ1n) is 9.01. The number of allylic oxidation sites excluding steroid dienone is 3. The Morgan fingerprint density at radius 2 is 2.04 bits per heavy atom. The number of likely N-dealkylation sites (tertiary alicyclic amines) is 1. The maximum Gasteiger partial charge on any atom is 0.250 e. The van der Waals surface area contributed by atoms with Gasteiger partial charge in [-0.05, 0) is 56.2 Å². The summed E-state index contributed by atoms with van der Waals surface area (Å²) in [5.74, 6) is -0.0564. The van der Waals surface area contributed by atoms with E-state index in [0.717, 1.165) is 12.0 Å². The van der Waals surface area contributed by atoms with Gasteiger partial charge in [-0.2, -0.15) is 0 Å². The van der Waals surface area contributed by atoms with E-state index in [0.29, 0.717) is 19.3 Å². The van der Waals surface area contributed by atoms with Crippen LogP contribution >= 0.6 is 0 Å². The van der Waals surface area contributed by atoms with Gasteiger partial charge in [0.25, 0.3) is 0 Å². The number of hydrogen-bond donors (Lipinski definition) is 2. The van der Waals surface area contributed by atoms with Crippen molar-refractivity contribution in [3.8, 4) is 0 Å². The molecule has 1 aliphatic carbocycles. The van der Waals surface area contributed by atoms with Crippen molar-refractivity contribution in [3.05, 3.63) is 53.1 Å². The molecule has 1 aliphatic heterocycles. The number of benzene rings is 1. The highest BCUT2D eigenvalue weighted by atomic mass is 16.3. The predicted octanol–water partition coefficient (Wildman–Crippen LogP) is 2.83. The molecule has 0 spiro atoms. The average molecular weight is 341 g/mol. The predicted molar refractivity (Wildman–Crippen MR) is 98.9 cm³/mol. The Bertz CT molecular complexity index is 718. The molecule has 0 aromatic heterocycles. The zero-order valence-electron chi connectivity index (χ0n) is 15.0. The molecule has 1 fully saturated rings. The summed E-state index contributed by atoms with van der Waals surface area (Å²) in [6, 6.07) is 8.09. The van der Waals surface area contributed by atoms with E-state index in [9.17, 15) is 15.0 Å². The van der Waals surface area contributed by atoms with Crippen LogP contribution in [0.4, 0.5) is 0 Å². The van der Waals surface area contributed by atoms with Gasteiger partial charge in [-0.25, -0.2) is 0 Å². The van der Waals surface area contributed by atoms with Gasteiger partial charge in [0.15, 0.2) is 0 Å². The average Bonchev–Trinajstić information content (AvgIpc) is 2.61. The van der Waals surface area contributed by atoms with E-state index >= 15 is 0 Å². The summed E-state index contributed by atoms with van der Waals surface area (Å²) in [4.78, 5) is 14.6. The standard InChI is InChI=1S/C21H27NO3/c1-15-5-3-4-6-19(15)16-7-9-17(10-8-16)20(24)22-14-21(2,25)12-11-18(22)13-23/h3-7,9,18,23,25H,8,10-14H2,1-2H3/t18-,21+/m0/s1. The number of aryl methyl sites for hydroxylation is 1. The third-order valence-electron chi connectivity index (χ3n) is 5.35. The van der Waals surface area contributed by atoms with Crippen molar-refractivity contribution in [2.45, 2.75) is 51.2 Å². The molecule has 1 amide bonds. The molecule has 0 unspecified atom stereocenters. The highest BCUT2D eigenvalue weighted by molar-refractivity contribution is 5.95. The van der Waals surface area contributed by atoms with E-state index < -0.39 is 5.60 Å². The van der Waals surface area contributed by atoms with Gasteiger partial charge >= 0.3 is 0 Å². The van der Waals surface area contributed by atoms with Gasteiger partial charge in [0.1, 0.15) is 0 Å². The Hall–Kier alpha value is -1.91. The molecule has 0 bridgehead atoms. The highest BCUT2D eigenvalue weighted by Crippen LogP contribution is 2.32. The van der Waals surface area contributed by atoms with Crippen LogP contribution < -0.4 is 0 Å². The van der Waals surface area contributed by atoms with E-state index in [2.05, 4.69) is 19.1 Å². The second-order valence-corrected chi connectivity index (χ2v) is 7.50. The quantitative estimate of drug-likeness (QED) is 0.889. The lowest BCUT2D eigenvalue weighted by Crippen LogP contribution is -2.55. The van der Waals surface area contributed by atoms with Crippen LogP contribution in [0.1, 0.15) is 43.7 Å². The minimum atomic E-state index is -0.876. The Labute approximate surface area is 149 Å². The lowest BCUT2D eigenvalue weighted by molar-refractivity contribution is -0.139. The normalized spacial score (nSPS) is 26.9. The van der Waals surface area contributed by atoms with Gasteiger partial charge in [0.2, 0.25) is 5.91 Å². The molecule has 4 heteroatoms. The van der Waals surface area contributed by atoms with Gasteiger partial charge in [-0.3, -0.25) is 4.79 Å². The first kappa shape index (κ1) is 17.9. The molecule has 134 valence electrons. The molecule has 1 saturated heterocycles. The van der Waals surface area contributed by atoms with Crippen molar-refractivity contribution in [2.24, 2.45) is 0 Å². The lowest BCUT2D eigenvalue weighted by atomic mass is 9.87. The molecule has 2 atom stereocenters. The van der Waals surface area contributed by atoms with E-state index in [1.165, 1.54) is 16.7 Å². The summed E-state index contributed by atoms with van der Waals surface area (Å²) in [6.45, 7) is 4.08. The van der Waals surface area contributed by atoms with Gasteiger partial charge in [-0.1, -0.05) is 36.4 Å². The van der Waals surface area contributed by atoms with Gasteiger partial charge in [0.05, 0.1) is 18.2 Å². The third kappa shape index (κ3) is 3.86. The van der Waals surface area contributed by atoms with Crippen LogP contribution in [0.15, 0.2) is 42.0 Å². The number of carbonyl (C=O) groups excluding carboxylic acids is 1. The van der Waals surface area contributed by atoms with E-state index in [1.54, 1.807) is 11.8 Å². The SMILES string of the molecule is Cc1ccccc1C1=CC=C(C(=O)N2C[C@](C)(O)CC[C@H]2CO)CC1. The van der Waals surface area contributed by atoms with E-state index in [4.69, 9.17) is 0 Å². The number of carbonyl (C=O) groups is 1. The van der Waals surface area contributed by atoms with Crippen molar-refractivity contribution in [2.75, 3.05) is 13.2 Å². The summed E-state index contributed by atoms with van der Waals surface area (Å²) in [6.07, 6.45) is 6.71. The van der Waals surface area contributed by atoms with E-state index in [1.807, 2.05) is 24.3 Å². The Morgan fingerprint density at radius 3 is 2.68 bits per heavy atom. The smallest absolute Gasteiger partial charge is 0.250 e. The van der Waals surface area contributed by atoms with Gasteiger partial charge < -0.3 is 15.1 Å². The topological polar surface area (TPSA) is 60.8 Å². The van der Waals surface area contributed by atoms with Crippen LogP contribution in [0.25, 0.3) is 5.57 Å². The Morgan fingerprint density at radius 1 is 1.28 bits per heavy atom. The molecule has 0 saturated carbocycles.